The summed E-state index contributed by atoms with van der Waals surface area (Å²) in [6.07, 6.45) is 1.84. The number of rotatable bonds is 16. The molecule has 0 spiro atoms. The number of carbonyl (C=O) groups is 4. The monoisotopic (exact) mass is 602 g/mol. The van der Waals surface area contributed by atoms with E-state index < -0.39 is 29.9 Å². The van der Waals surface area contributed by atoms with Gasteiger partial charge >= 0.3 is 11.9 Å². The molecule has 0 saturated heterocycles. The van der Waals surface area contributed by atoms with Crippen LogP contribution in [0.15, 0.2) is 35.7 Å². The number of nitrogens with zero attached hydrogens (tertiary/aromatic N) is 2. The molecule has 11 heteroatoms. The smallest absolute Gasteiger partial charge is 0.308 e. The van der Waals surface area contributed by atoms with Gasteiger partial charge in [0.15, 0.2) is 6.10 Å². The van der Waals surface area contributed by atoms with Gasteiger partial charge in [-0.1, -0.05) is 64.4 Å². The number of nitrogens with one attached hydrogen (secondary N) is 1. The van der Waals surface area contributed by atoms with Gasteiger partial charge < -0.3 is 25.4 Å². The van der Waals surface area contributed by atoms with E-state index >= 15 is 0 Å². The molecule has 0 saturated carbocycles. The van der Waals surface area contributed by atoms with Crippen molar-refractivity contribution >= 4 is 35.1 Å². The van der Waals surface area contributed by atoms with Crippen molar-refractivity contribution in [2.45, 2.75) is 91.0 Å². The standard InChI is InChI=1S/C31H46N4O6S/c1-8-12-24(32)30(38)35(6)26(19(2)3)17-27(41-21(5)36)29-34-25(18-42-29)28(37)33-23(15-20(4)31(39)40-7)16-22-13-10-9-11-14-22/h9-11,13-14,18-20,23-24,26-27H,8,12,15-17,32H2,1-7H3,(H,33,37)/t20-,23+,24-,26+,27+/m0/s1. The Balaban J connectivity index is 2.26. The molecule has 2 rings (SSSR count). The molecule has 0 fully saturated rings. The molecule has 42 heavy (non-hydrogen) atoms. The summed E-state index contributed by atoms with van der Waals surface area (Å²) in [7, 11) is 3.06. The second-order valence-corrected chi connectivity index (χ2v) is 12.0. The Bertz CT molecular complexity index is 1170. The van der Waals surface area contributed by atoms with Crippen LogP contribution in [0.1, 0.15) is 87.5 Å². The molecule has 1 aromatic carbocycles. The maximum atomic E-state index is 13.3. The molecular weight excluding hydrogens is 556 g/mol. The summed E-state index contributed by atoms with van der Waals surface area (Å²) >= 11 is 1.22. The zero-order chi connectivity index (χ0) is 31.4. The average Bonchev–Trinajstić information content (AvgIpc) is 3.44. The van der Waals surface area contributed by atoms with Crippen LogP contribution in [0.25, 0.3) is 0 Å². The highest BCUT2D eigenvalue weighted by atomic mass is 32.1. The number of hydrogen-bond donors (Lipinski definition) is 2. The van der Waals surface area contributed by atoms with Crippen molar-refractivity contribution in [2.75, 3.05) is 14.2 Å². The summed E-state index contributed by atoms with van der Waals surface area (Å²) in [5, 5.41) is 5.11. The summed E-state index contributed by atoms with van der Waals surface area (Å²) in [5.41, 5.74) is 7.32. The molecule has 3 N–H and O–H groups in total. The summed E-state index contributed by atoms with van der Waals surface area (Å²) in [6.45, 7) is 9.05. The first-order valence-corrected chi connectivity index (χ1v) is 15.3. The van der Waals surface area contributed by atoms with Gasteiger partial charge in [0.2, 0.25) is 5.91 Å². The van der Waals surface area contributed by atoms with Crippen molar-refractivity contribution in [1.82, 2.24) is 15.2 Å². The van der Waals surface area contributed by atoms with E-state index in [1.165, 1.54) is 25.4 Å². The third-order valence-corrected chi connectivity index (χ3v) is 8.16. The number of esters is 2. The molecule has 0 unspecified atom stereocenters. The fraction of sp³-hybridized carbons (Fsp3) is 0.581. The number of aromatic nitrogens is 1. The highest BCUT2D eigenvalue weighted by Crippen LogP contribution is 2.30. The average molecular weight is 603 g/mol. The number of nitrogens with two attached hydrogens (primary N) is 1. The lowest BCUT2D eigenvalue weighted by molar-refractivity contribution is -0.148. The van der Waals surface area contributed by atoms with Gasteiger partial charge in [-0.15, -0.1) is 11.3 Å². The fourth-order valence-electron chi connectivity index (χ4n) is 4.97. The Morgan fingerprint density at radius 1 is 1.10 bits per heavy atom. The van der Waals surface area contributed by atoms with Crippen LogP contribution in [0.4, 0.5) is 0 Å². The molecule has 0 aliphatic rings. The zero-order valence-corrected chi connectivity index (χ0v) is 26.6. The molecule has 5 atom stereocenters. The van der Waals surface area contributed by atoms with Gasteiger partial charge in [-0.25, -0.2) is 4.98 Å². The number of likely N-dealkylation sites (N-methyl/N-ethyl adjacent to an activating group) is 1. The van der Waals surface area contributed by atoms with E-state index in [0.29, 0.717) is 30.7 Å². The number of thiazole rings is 1. The maximum Gasteiger partial charge on any atom is 0.308 e. The molecule has 1 heterocycles. The molecule has 232 valence electrons. The van der Waals surface area contributed by atoms with Crippen molar-refractivity contribution in [3.05, 3.63) is 52.0 Å². The molecule has 0 aliphatic carbocycles. The van der Waals surface area contributed by atoms with Gasteiger partial charge in [0.25, 0.3) is 5.91 Å². The lowest BCUT2D eigenvalue weighted by Crippen LogP contribution is -2.48. The van der Waals surface area contributed by atoms with Crippen LogP contribution in [0.5, 0.6) is 0 Å². The number of methoxy groups -OCH3 is 1. The Hall–Kier alpha value is -3.31. The van der Waals surface area contributed by atoms with E-state index in [-0.39, 0.29) is 35.6 Å². The Morgan fingerprint density at radius 3 is 2.33 bits per heavy atom. The van der Waals surface area contributed by atoms with Crippen molar-refractivity contribution in [2.24, 2.45) is 17.6 Å². The summed E-state index contributed by atoms with van der Waals surface area (Å²) in [5.74, 6) is -1.76. The SMILES string of the molecule is CCC[C@H](N)C(=O)N(C)[C@H](C[C@@H](OC(C)=O)c1nc(C(=O)N[C@@H](Cc2ccccc2)C[C@H](C)C(=O)OC)cs1)C(C)C. The minimum atomic E-state index is -0.751. The predicted octanol–water partition coefficient (Wildman–Crippen LogP) is 4.29. The third kappa shape index (κ3) is 10.5. The molecule has 2 amide bonds. The van der Waals surface area contributed by atoms with Crippen LogP contribution in [0, 0.1) is 11.8 Å². The van der Waals surface area contributed by atoms with E-state index in [2.05, 4.69) is 10.3 Å². The van der Waals surface area contributed by atoms with Gasteiger partial charge in [-0.05, 0) is 30.7 Å². The normalized spacial score (nSPS) is 14.8. The van der Waals surface area contributed by atoms with Crippen LogP contribution in [-0.2, 0) is 30.3 Å². The van der Waals surface area contributed by atoms with E-state index in [1.807, 2.05) is 51.1 Å². The minimum absolute atomic E-state index is 0.0455. The van der Waals surface area contributed by atoms with Crippen LogP contribution in [-0.4, -0.2) is 65.9 Å². The lowest BCUT2D eigenvalue weighted by Gasteiger charge is -2.34. The molecule has 0 bridgehead atoms. The zero-order valence-electron chi connectivity index (χ0n) is 25.8. The van der Waals surface area contributed by atoms with Crippen LogP contribution in [0.2, 0.25) is 0 Å². The first-order chi connectivity index (χ1) is 19.9. The van der Waals surface area contributed by atoms with Crippen molar-refractivity contribution in [1.29, 1.82) is 0 Å². The first kappa shape index (κ1) is 34.9. The molecule has 1 aromatic heterocycles. The van der Waals surface area contributed by atoms with Gasteiger partial charge in [-0.3, -0.25) is 19.2 Å². The quantitative estimate of drug-likeness (QED) is 0.271. The predicted molar refractivity (Wildman–Crippen MR) is 163 cm³/mol. The number of carbonyl (C=O) groups excluding carboxylic acids is 4. The molecule has 0 radical (unpaired) electrons. The highest BCUT2D eigenvalue weighted by Gasteiger charge is 2.32. The first-order valence-electron chi connectivity index (χ1n) is 14.4. The summed E-state index contributed by atoms with van der Waals surface area (Å²) < 4.78 is 10.5. The summed E-state index contributed by atoms with van der Waals surface area (Å²) in [4.78, 5) is 56.7. The summed E-state index contributed by atoms with van der Waals surface area (Å²) in [6, 6.07) is 8.47. The number of hydrogen-bond acceptors (Lipinski definition) is 9. The molecule has 10 nitrogen and oxygen atoms in total. The topological polar surface area (TPSA) is 141 Å². The van der Waals surface area contributed by atoms with Crippen molar-refractivity contribution < 1.29 is 28.7 Å². The molecular formula is C31H46N4O6S. The lowest BCUT2D eigenvalue weighted by atomic mass is 9.95. The van der Waals surface area contributed by atoms with Crippen LogP contribution < -0.4 is 11.1 Å². The van der Waals surface area contributed by atoms with E-state index in [0.717, 1.165) is 12.0 Å². The molecule has 2 aromatic rings. The largest absolute Gasteiger partial charge is 0.469 e. The third-order valence-electron chi connectivity index (χ3n) is 7.23. The number of ether oxygens (including phenoxy) is 2. The van der Waals surface area contributed by atoms with E-state index in [1.54, 1.807) is 24.3 Å². The van der Waals surface area contributed by atoms with Gasteiger partial charge in [0, 0.05) is 37.9 Å². The van der Waals surface area contributed by atoms with Gasteiger partial charge in [-0.2, -0.15) is 0 Å². The molecule has 0 aliphatic heterocycles. The van der Waals surface area contributed by atoms with Gasteiger partial charge in [0.1, 0.15) is 10.7 Å². The minimum Gasteiger partial charge on any atom is -0.469 e. The van der Waals surface area contributed by atoms with E-state index in [9.17, 15) is 19.2 Å². The Morgan fingerprint density at radius 2 is 1.76 bits per heavy atom. The fourth-order valence-corrected chi connectivity index (χ4v) is 5.81. The second-order valence-electron chi connectivity index (χ2n) is 11.1. The maximum absolute atomic E-state index is 13.3. The second kappa shape index (κ2) is 17.0. The number of amides is 2. The highest BCUT2D eigenvalue weighted by molar-refractivity contribution is 7.09. The van der Waals surface area contributed by atoms with Gasteiger partial charge in [0.05, 0.1) is 19.1 Å². The van der Waals surface area contributed by atoms with Crippen molar-refractivity contribution in [3.63, 3.8) is 0 Å². The van der Waals surface area contributed by atoms with Crippen LogP contribution >= 0.6 is 11.3 Å². The Kier molecular flexibility index (Phi) is 14.1. The Labute approximate surface area is 253 Å². The van der Waals surface area contributed by atoms with Crippen LogP contribution in [0.3, 0.4) is 0 Å². The van der Waals surface area contributed by atoms with Crippen molar-refractivity contribution in [3.8, 4) is 0 Å². The van der Waals surface area contributed by atoms with E-state index in [4.69, 9.17) is 15.2 Å². The number of benzene rings is 1.